The Morgan fingerprint density at radius 2 is 2.10 bits per heavy atom. The lowest BCUT2D eigenvalue weighted by molar-refractivity contribution is -0.166. The lowest BCUT2D eigenvalue weighted by Crippen LogP contribution is -2.56. The number of aliphatic hydroxyl groups is 3. The average Bonchev–Trinajstić information content (AvgIpc) is 2.99. The summed E-state index contributed by atoms with van der Waals surface area (Å²) in [6.45, 7) is 5.58. The molecular formula is C25H36O6. The average molecular weight is 433 g/mol. The zero-order chi connectivity index (χ0) is 22.6. The summed E-state index contributed by atoms with van der Waals surface area (Å²) < 4.78 is 5.98. The van der Waals surface area contributed by atoms with Crippen LogP contribution in [0, 0.1) is 34.5 Å². The molecule has 0 unspecified atom stereocenters. The van der Waals surface area contributed by atoms with Crippen molar-refractivity contribution >= 4 is 11.6 Å². The second kappa shape index (κ2) is 8.22. The summed E-state index contributed by atoms with van der Waals surface area (Å²) in [5, 5.41) is 31.4. The summed E-state index contributed by atoms with van der Waals surface area (Å²) in [5.74, 6) is -0.509. The first-order valence-corrected chi connectivity index (χ1v) is 11.7. The lowest BCUT2D eigenvalue weighted by atomic mass is 9.46. The van der Waals surface area contributed by atoms with Gasteiger partial charge in [0.2, 0.25) is 0 Å². The van der Waals surface area contributed by atoms with Crippen LogP contribution >= 0.6 is 0 Å². The van der Waals surface area contributed by atoms with Gasteiger partial charge in [-0.15, -0.1) is 0 Å². The van der Waals surface area contributed by atoms with Gasteiger partial charge < -0.3 is 20.1 Å². The molecule has 4 rings (SSSR count). The zero-order valence-electron chi connectivity index (χ0n) is 18.8. The molecule has 0 bridgehead atoms. The topological polar surface area (TPSA) is 104 Å². The first-order chi connectivity index (χ1) is 14.7. The third-order valence-corrected chi connectivity index (χ3v) is 8.87. The Hall–Kier alpha value is -1.34. The second-order valence-electron chi connectivity index (χ2n) is 10.6. The molecular weight excluding hydrogens is 396 g/mol. The van der Waals surface area contributed by atoms with Gasteiger partial charge in [-0.05, 0) is 61.5 Å². The van der Waals surface area contributed by atoms with Crippen LogP contribution < -0.4 is 0 Å². The summed E-state index contributed by atoms with van der Waals surface area (Å²) in [6, 6.07) is 0. The van der Waals surface area contributed by atoms with Crippen molar-refractivity contribution in [2.24, 2.45) is 34.5 Å². The first kappa shape index (κ1) is 22.8. The highest BCUT2D eigenvalue weighted by molar-refractivity contribution is 6.01. The maximum atomic E-state index is 12.9. The first-order valence-electron chi connectivity index (χ1n) is 11.7. The Labute approximate surface area is 184 Å². The highest BCUT2D eigenvalue weighted by Crippen LogP contribution is 2.66. The smallest absolute Gasteiger partial charge is 0.178 e. The minimum absolute atomic E-state index is 0.00825. The number of ether oxygens (including phenoxy) is 1. The number of aliphatic hydroxyl groups excluding tert-OH is 3. The van der Waals surface area contributed by atoms with Crippen LogP contribution in [0.25, 0.3) is 0 Å². The van der Waals surface area contributed by atoms with Crippen molar-refractivity contribution < 1.29 is 29.6 Å². The van der Waals surface area contributed by atoms with Crippen molar-refractivity contribution in [1.29, 1.82) is 0 Å². The number of carbonyl (C=O) groups excluding carboxylic acids is 2. The van der Waals surface area contributed by atoms with E-state index in [1.165, 1.54) is 0 Å². The van der Waals surface area contributed by atoms with Crippen molar-refractivity contribution in [3.05, 3.63) is 23.8 Å². The summed E-state index contributed by atoms with van der Waals surface area (Å²) in [5.41, 5.74) is 0.230. The standard InChI is InChI=1S/C25H36O6/c1-4-5-21(30)31-20-11-17-16-7-6-14-10-15(27)8-9-24(14,2)22(16)18(28)12-25(17,3)23(20)19(29)13-26/h8-10,16-18,20-23,26,28,30H,4-7,11-13H2,1-3H3/t16-,17-,18-,20+,21-,22+,23-,24-,25-/m0/s1. The van der Waals surface area contributed by atoms with Crippen LogP contribution in [0.5, 0.6) is 0 Å². The van der Waals surface area contributed by atoms with Crippen LogP contribution in [0.15, 0.2) is 23.8 Å². The number of carbonyl (C=O) groups is 2. The number of hydrogen-bond donors (Lipinski definition) is 3. The Morgan fingerprint density at radius 1 is 1.35 bits per heavy atom. The molecule has 0 aromatic heterocycles. The molecule has 6 heteroatoms. The maximum absolute atomic E-state index is 12.9. The molecule has 9 atom stereocenters. The molecule has 172 valence electrons. The summed E-state index contributed by atoms with van der Waals surface area (Å²) in [4.78, 5) is 24.8. The van der Waals surface area contributed by atoms with Crippen LogP contribution in [0.4, 0.5) is 0 Å². The van der Waals surface area contributed by atoms with Gasteiger partial charge in [0.25, 0.3) is 0 Å². The molecule has 3 N–H and O–H groups in total. The van der Waals surface area contributed by atoms with E-state index in [2.05, 4.69) is 13.8 Å². The van der Waals surface area contributed by atoms with Crippen LogP contribution in [-0.4, -0.2) is 52.0 Å². The molecule has 6 nitrogen and oxygen atoms in total. The predicted molar refractivity (Wildman–Crippen MR) is 115 cm³/mol. The summed E-state index contributed by atoms with van der Waals surface area (Å²) in [7, 11) is 0. The number of Topliss-reactive ketones (excluding diaryl/α,β-unsaturated/α-hetero) is 1. The van der Waals surface area contributed by atoms with Crippen molar-refractivity contribution in [2.75, 3.05) is 6.61 Å². The zero-order valence-corrected chi connectivity index (χ0v) is 18.8. The number of ketones is 2. The van der Waals surface area contributed by atoms with E-state index in [4.69, 9.17) is 4.74 Å². The third-order valence-electron chi connectivity index (χ3n) is 8.87. The third kappa shape index (κ3) is 3.56. The Bertz CT molecular complexity index is 802. The van der Waals surface area contributed by atoms with Crippen molar-refractivity contribution in [2.45, 2.75) is 77.8 Å². The fourth-order valence-electron chi connectivity index (χ4n) is 7.64. The van der Waals surface area contributed by atoms with E-state index in [1.807, 2.05) is 13.0 Å². The highest BCUT2D eigenvalue weighted by atomic mass is 16.6. The van der Waals surface area contributed by atoms with Crippen molar-refractivity contribution in [3.8, 4) is 0 Å². The molecule has 0 radical (unpaired) electrons. The fourth-order valence-corrected chi connectivity index (χ4v) is 7.64. The molecule has 0 heterocycles. The van der Waals surface area contributed by atoms with Gasteiger partial charge in [-0.3, -0.25) is 9.59 Å². The minimum Gasteiger partial charge on any atom is -0.393 e. The van der Waals surface area contributed by atoms with E-state index in [1.54, 1.807) is 12.2 Å². The lowest BCUT2D eigenvalue weighted by Gasteiger charge is -2.58. The van der Waals surface area contributed by atoms with Gasteiger partial charge in [0.15, 0.2) is 17.9 Å². The van der Waals surface area contributed by atoms with E-state index < -0.39 is 36.4 Å². The molecule has 0 aromatic rings. The quantitative estimate of drug-likeness (QED) is 0.557. The molecule has 3 fully saturated rings. The molecule has 3 saturated carbocycles. The molecule has 0 aromatic carbocycles. The van der Waals surface area contributed by atoms with Gasteiger partial charge >= 0.3 is 0 Å². The fraction of sp³-hybridized carbons (Fsp3) is 0.760. The Morgan fingerprint density at radius 3 is 2.77 bits per heavy atom. The monoisotopic (exact) mass is 432 g/mol. The van der Waals surface area contributed by atoms with Gasteiger partial charge in [-0.25, -0.2) is 0 Å². The predicted octanol–water partition coefficient (Wildman–Crippen LogP) is 2.56. The van der Waals surface area contributed by atoms with E-state index in [0.717, 1.165) is 24.8 Å². The number of fused-ring (bicyclic) bond motifs is 5. The van der Waals surface area contributed by atoms with Gasteiger partial charge in [-0.1, -0.05) is 38.8 Å². The normalized spacial score (nSPS) is 44.8. The minimum atomic E-state index is -0.931. The molecule has 0 spiro atoms. The van der Waals surface area contributed by atoms with Crippen LogP contribution in [0.2, 0.25) is 0 Å². The number of allylic oxidation sites excluding steroid dienone is 4. The van der Waals surface area contributed by atoms with Crippen LogP contribution in [0.3, 0.4) is 0 Å². The molecule has 4 aliphatic rings. The summed E-state index contributed by atoms with van der Waals surface area (Å²) >= 11 is 0. The molecule has 0 amide bonds. The highest BCUT2D eigenvalue weighted by Gasteiger charge is 2.65. The van der Waals surface area contributed by atoms with E-state index in [0.29, 0.717) is 19.3 Å². The molecule has 4 aliphatic carbocycles. The van der Waals surface area contributed by atoms with E-state index in [9.17, 15) is 24.9 Å². The van der Waals surface area contributed by atoms with E-state index in [-0.39, 0.29) is 34.7 Å². The molecule has 0 aliphatic heterocycles. The Balaban J connectivity index is 1.69. The number of rotatable bonds is 6. The van der Waals surface area contributed by atoms with Crippen LogP contribution in [-0.2, 0) is 14.3 Å². The molecule has 0 saturated heterocycles. The van der Waals surface area contributed by atoms with Crippen LogP contribution in [0.1, 0.15) is 59.3 Å². The number of hydrogen-bond acceptors (Lipinski definition) is 6. The van der Waals surface area contributed by atoms with Gasteiger partial charge in [0.1, 0.15) is 6.61 Å². The maximum Gasteiger partial charge on any atom is 0.178 e. The van der Waals surface area contributed by atoms with Gasteiger partial charge in [0, 0.05) is 11.3 Å². The summed E-state index contributed by atoms with van der Waals surface area (Å²) in [6.07, 6.45) is 7.32. The van der Waals surface area contributed by atoms with Crippen molar-refractivity contribution in [1.82, 2.24) is 0 Å². The SMILES string of the molecule is CCC[C@@H](O)O[C@@H]1C[C@H]2[C@@H]3CCC4=CC(=O)C=C[C@]4(C)[C@H]3[C@@H](O)C[C@]2(C)[C@H]1C(=O)CO. The largest absolute Gasteiger partial charge is 0.393 e. The van der Waals surface area contributed by atoms with Crippen molar-refractivity contribution in [3.63, 3.8) is 0 Å². The Kier molecular flexibility index (Phi) is 6.05. The van der Waals surface area contributed by atoms with Gasteiger partial charge in [-0.2, -0.15) is 0 Å². The van der Waals surface area contributed by atoms with Gasteiger partial charge in [0.05, 0.1) is 18.1 Å². The molecule has 31 heavy (non-hydrogen) atoms. The van der Waals surface area contributed by atoms with E-state index >= 15 is 0 Å². The second-order valence-corrected chi connectivity index (χ2v) is 10.6.